The molecule has 3 rings (SSSR count). The van der Waals surface area contributed by atoms with E-state index < -0.39 is 0 Å². The molecule has 3 nitrogen and oxygen atoms in total. The second kappa shape index (κ2) is 4.03. The molecule has 0 radical (unpaired) electrons. The minimum Gasteiger partial charge on any atom is -0.348 e. The van der Waals surface area contributed by atoms with Crippen LogP contribution in [0.3, 0.4) is 0 Å². The lowest BCUT2D eigenvalue weighted by Crippen LogP contribution is -2.39. The van der Waals surface area contributed by atoms with Gasteiger partial charge in [-0.25, -0.2) is 4.98 Å². The van der Waals surface area contributed by atoms with E-state index in [0.29, 0.717) is 6.04 Å². The van der Waals surface area contributed by atoms with Gasteiger partial charge in [0.25, 0.3) is 0 Å². The van der Waals surface area contributed by atoms with Crippen LogP contribution >= 0.6 is 11.3 Å². The van der Waals surface area contributed by atoms with Crippen LogP contribution < -0.4 is 10.6 Å². The summed E-state index contributed by atoms with van der Waals surface area (Å²) in [5, 5.41) is 1.15. The van der Waals surface area contributed by atoms with Crippen molar-refractivity contribution in [3.05, 3.63) is 24.3 Å². The first kappa shape index (κ1) is 10.1. The highest BCUT2D eigenvalue weighted by atomic mass is 32.1. The van der Waals surface area contributed by atoms with Crippen molar-refractivity contribution in [2.45, 2.75) is 18.9 Å². The standard InChI is InChI=1S/C12H15N3S/c13-9-5-7-15(8-6-9)12-14-10-3-1-2-4-11(10)16-12/h1-4,9H,5-8,13H2. The number of thiazole rings is 1. The van der Waals surface area contributed by atoms with E-state index in [4.69, 9.17) is 5.73 Å². The maximum Gasteiger partial charge on any atom is 0.186 e. The summed E-state index contributed by atoms with van der Waals surface area (Å²) >= 11 is 1.78. The Morgan fingerprint density at radius 1 is 1.25 bits per heavy atom. The van der Waals surface area contributed by atoms with Crippen LogP contribution in [0, 0.1) is 0 Å². The highest BCUT2D eigenvalue weighted by Crippen LogP contribution is 2.29. The highest BCUT2D eigenvalue weighted by molar-refractivity contribution is 7.22. The molecule has 4 heteroatoms. The van der Waals surface area contributed by atoms with E-state index in [1.165, 1.54) is 4.70 Å². The number of fused-ring (bicyclic) bond motifs is 1. The number of aromatic nitrogens is 1. The van der Waals surface area contributed by atoms with Crippen molar-refractivity contribution in [1.82, 2.24) is 4.98 Å². The van der Waals surface area contributed by atoms with Gasteiger partial charge in [0.05, 0.1) is 10.2 Å². The fraction of sp³-hybridized carbons (Fsp3) is 0.417. The second-order valence-corrected chi connectivity index (χ2v) is 5.30. The molecule has 1 aromatic heterocycles. The Labute approximate surface area is 98.9 Å². The minimum absolute atomic E-state index is 0.380. The van der Waals surface area contributed by atoms with E-state index in [1.54, 1.807) is 11.3 Å². The van der Waals surface area contributed by atoms with Crippen molar-refractivity contribution in [1.29, 1.82) is 0 Å². The summed E-state index contributed by atoms with van der Waals surface area (Å²) in [5.41, 5.74) is 7.02. The van der Waals surface area contributed by atoms with Crippen LogP contribution in [0.25, 0.3) is 10.2 Å². The number of para-hydroxylation sites is 1. The quantitative estimate of drug-likeness (QED) is 0.821. The van der Waals surface area contributed by atoms with E-state index in [2.05, 4.69) is 28.1 Å². The number of benzene rings is 1. The summed E-state index contributed by atoms with van der Waals surface area (Å²) in [6, 6.07) is 8.69. The first-order chi connectivity index (χ1) is 7.83. The van der Waals surface area contributed by atoms with Crippen LogP contribution in [0.2, 0.25) is 0 Å². The maximum absolute atomic E-state index is 5.91. The fourth-order valence-corrected chi connectivity index (χ4v) is 3.10. The van der Waals surface area contributed by atoms with Gasteiger partial charge in [-0.2, -0.15) is 0 Å². The lowest BCUT2D eigenvalue weighted by molar-refractivity contribution is 0.501. The average molecular weight is 233 g/mol. The summed E-state index contributed by atoms with van der Waals surface area (Å²) in [7, 11) is 0. The van der Waals surface area contributed by atoms with Gasteiger partial charge >= 0.3 is 0 Å². The number of nitrogens with zero attached hydrogens (tertiary/aromatic N) is 2. The van der Waals surface area contributed by atoms with Crippen LogP contribution in [0.1, 0.15) is 12.8 Å². The van der Waals surface area contributed by atoms with E-state index in [1.807, 2.05) is 6.07 Å². The van der Waals surface area contributed by atoms with Gasteiger partial charge in [-0.1, -0.05) is 23.5 Å². The Hall–Kier alpha value is -1.13. The summed E-state index contributed by atoms with van der Waals surface area (Å²) in [4.78, 5) is 7.02. The van der Waals surface area contributed by atoms with Crippen LogP contribution in [-0.2, 0) is 0 Å². The molecule has 0 bridgehead atoms. The Morgan fingerprint density at radius 3 is 2.75 bits per heavy atom. The third-order valence-corrected chi connectivity index (χ3v) is 4.19. The molecule has 1 aliphatic heterocycles. The largest absolute Gasteiger partial charge is 0.348 e. The number of nitrogens with two attached hydrogens (primary N) is 1. The van der Waals surface area contributed by atoms with Gasteiger partial charge in [0, 0.05) is 19.1 Å². The predicted octanol–water partition coefficient (Wildman–Crippen LogP) is 2.22. The van der Waals surface area contributed by atoms with Crippen molar-refractivity contribution in [2.24, 2.45) is 5.73 Å². The van der Waals surface area contributed by atoms with E-state index in [9.17, 15) is 0 Å². The molecule has 0 unspecified atom stereocenters. The van der Waals surface area contributed by atoms with Gasteiger partial charge in [-0.3, -0.25) is 0 Å². The molecule has 0 saturated carbocycles. The predicted molar refractivity (Wildman–Crippen MR) is 69.0 cm³/mol. The summed E-state index contributed by atoms with van der Waals surface area (Å²) in [5.74, 6) is 0. The lowest BCUT2D eigenvalue weighted by atomic mass is 10.1. The topological polar surface area (TPSA) is 42.1 Å². The first-order valence-electron chi connectivity index (χ1n) is 5.69. The number of piperidine rings is 1. The summed E-state index contributed by atoms with van der Waals surface area (Å²) in [6.45, 7) is 2.09. The number of anilines is 1. The molecule has 2 aromatic rings. The summed E-state index contributed by atoms with van der Waals surface area (Å²) in [6.07, 6.45) is 2.16. The van der Waals surface area contributed by atoms with Crippen molar-refractivity contribution in [2.75, 3.05) is 18.0 Å². The zero-order valence-electron chi connectivity index (χ0n) is 9.10. The normalized spacial score (nSPS) is 18.2. The third-order valence-electron chi connectivity index (χ3n) is 3.09. The zero-order chi connectivity index (χ0) is 11.0. The minimum atomic E-state index is 0.380. The van der Waals surface area contributed by atoms with Crippen LogP contribution in [-0.4, -0.2) is 24.1 Å². The molecule has 0 spiro atoms. The van der Waals surface area contributed by atoms with Gasteiger partial charge < -0.3 is 10.6 Å². The van der Waals surface area contributed by atoms with Gasteiger partial charge in [0.2, 0.25) is 0 Å². The monoisotopic (exact) mass is 233 g/mol. The molecular formula is C12H15N3S. The Balaban J connectivity index is 1.88. The van der Waals surface area contributed by atoms with Crippen molar-refractivity contribution >= 4 is 26.7 Å². The molecule has 2 N–H and O–H groups in total. The van der Waals surface area contributed by atoms with Crippen molar-refractivity contribution in [3.8, 4) is 0 Å². The highest BCUT2D eigenvalue weighted by Gasteiger charge is 2.18. The Kier molecular flexibility index (Phi) is 2.53. The van der Waals surface area contributed by atoms with Crippen molar-refractivity contribution < 1.29 is 0 Å². The third kappa shape index (κ3) is 1.79. The van der Waals surface area contributed by atoms with Gasteiger partial charge in [0.15, 0.2) is 5.13 Å². The maximum atomic E-state index is 5.91. The smallest absolute Gasteiger partial charge is 0.186 e. The second-order valence-electron chi connectivity index (χ2n) is 4.29. The Bertz CT molecular complexity index is 453. The SMILES string of the molecule is NC1CCN(c2nc3ccccc3s2)CC1. The molecule has 2 heterocycles. The molecule has 0 aliphatic carbocycles. The molecular weight excluding hydrogens is 218 g/mol. The zero-order valence-corrected chi connectivity index (χ0v) is 9.91. The molecule has 84 valence electrons. The molecule has 16 heavy (non-hydrogen) atoms. The average Bonchev–Trinajstić information content (AvgIpc) is 2.73. The summed E-state index contributed by atoms with van der Waals surface area (Å²) < 4.78 is 1.27. The van der Waals surface area contributed by atoms with Crippen LogP contribution in [0.15, 0.2) is 24.3 Å². The molecule has 1 saturated heterocycles. The van der Waals surface area contributed by atoms with Gasteiger partial charge in [-0.15, -0.1) is 0 Å². The van der Waals surface area contributed by atoms with Gasteiger partial charge in [-0.05, 0) is 25.0 Å². The number of hydrogen-bond acceptors (Lipinski definition) is 4. The number of rotatable bonds is 1. The number of hydrogen-bond donors (Lipinski definition) is 1. The molecule has 0 amide bonds. The molecule has 1 aromatic carbocycles. The molecule has 0 atom stereocenters. The van der Waals surface area contributed by atoms with E-state index >= 15 is 0 Å². The van der Waals surface area contributed by atoms with Gasteiger partial charge in [0.1, 0.15) is 0 Å². The lowest BCUT2D eigenvalue weighted by Gasteiger charge is -2.29. The van der Waals surface area contributed by atoms with Crippen LogP contribution in [0.5, 0.6) is 0 Å². The van der Waals surface area contributed by atoms with E-state index in [-0.39, 0.29) is 0 Å². The Morgan fingerprint density at radius 2 is 2.00 bits per heavy atom. The molecule has 1 fully saturated rings. The van der Waals surface area contributed by atoms with E-state index in [0.717, 1.165) is 36.6 Å². The molecule has 1 aliphatic rings. The first-order valence-corrected chi connectivity index (χ1v) is 6.51. The van der Waals surface area contributed by atoms with Crippen molar-refractivity contribution in [3.63, 3.8) is 0 Å². The fourth-order valence-electron chi connectivity index (χ4n) is 2.09. The van der Waals surface area contributed by atoms with Crippen LogP contribution in [0.4, 0.5) is 5.13 Å².